The van der Waals surface area contributed by atoms with Crippen LogP contribution in [0.2, 0.25) is 0 Å². The number of ether oxygens (including phenoxy) is 2. The van der Waals surface area contributed by atoms with Crippen molar-refractivity contribution in [2.75, 3.05) is 37.5 Å². The minimum absolute atomic E-state index is 0.0501. The van der Waals surface area contributed by atoms with Crippen LogP contribution < -0.4 is 25.1 Å². The molecule has 3 rings (SSSR count). The molecule has 0 spiro atoms. The third-order valence-electron chi connectivity index (χ3n) is 4.52. The summed E-state index contributed by atoms with van der Waals surface area (Å²) in [4.78, 5) is 25.7. The van der Waals surface area contributed by atoms with Crippen LogP contribution in [0, 0.1) is 0 Å². The molecule has 2 aromatic carbocycles. The molecule has 2 N–H and O–H groups in total. The second-order valence-corrected chi connectivity index (χ2v) is 6.45. The van der Waals surface area contributed by atoms with Crippen LogP contribution in [0.25, 0.3) is 0 Å². The number of amides is 2. The van der Waals surface area contributed by atoms with Gasteiger partial charge in [-0.2, -0.15) is 5.10 Å². The molecule has 0 aliphatic carbocycles. The van der Waals surface area contributed by atoms with E-state index in [4.69, 9.17) is 9.47 Å². The number of carbonyl (C=O) groups excluding carboxylic acids is 2. The van der Waals surface area contributed by atoms with Crippen molar-refractivity contribution in [2.45, 2.75) is 12.8 Å². The largest absolute Gasteiger partial charge is 0.497 e. The zero-order valence-electron chi connectivity index (χ0n) is 16.5. The van der Waals surface area contributed by atoms with Crippen LogP contribution in [0.3, 0.4) is 0 Å². The lowest BCUT2D eigenvalue weighted by Crippen LogP contribution is -2.26. The molecule has 0 radical (unpaired) electrons. The van der Waals surface area contributed by atoms with Crippen LogP contribution in [0.5, 0.6) is 11.5 Å². The Balaban J connectivity index is 1.53. The number of nitrogens with zero attached hydrogens (tertiary/aromatic N) is 2. The number of anilines is 2. The lowest BCUT2D eigenvalue weighted by atomic mass is 10.2. The van der Waals surface area contributed by atoms with E-state index in [0.717, 1.165) is 24.3 Å². The van der Waals surface area contributed by atoms with Crippen molar-refractivity contribution in [1.29, 1.82) is 0 Å². The molecule has 1 saturated heterocycles. The average molecular weight is 396 g/mol. The molecule has 2 amide bonds. The Morgan fingerprint density at radius 3 is 2.79 bits per heavy atom. The third-order valence-corrected chi connectivity index (χ3v) is 4.52. The van der Waals surface area contributed by atoms with E-state index in [1.165, 1.54) is 6.21 Å². The number of carbonyl (C=O) groups is 2. The first-order valence-corrected chi connectivity index (χ1v) is 9.29. The fraction of sp³-hybridized carbons (Fsp3) is 0.286. The van der Waals surface area contributed by atoms with Crippen LogP contribution in [-0.2, 0) is 9.59 Å². The lowest BCUT2D eigenvalue weighted by Gasteiger charge is -2.16. The van der Waals surface area contributed by atoms with Crippen molar-refractivity contribution in [3.63, 3.8) is 0 Å². The fourth-order valence-corrected chi connectivity index (χ4v) is 3.03. The minimum Gasteiger partial charge on any atom is -0.497 e. The van der Waals surface area contributed by atoms with Crippen molar-refractivity contribution in [3.05, 3.63) is 48.0 Å². The zero-order valence-corrected chi connectivity index (χ0v) is 16.5. The van der Waals surface area contributed by atoms with Crippen LogP contribution in [0.4, 0.5) is 11.4 Å². The van der Waals surface area contributed by atoms with Gasteiger partial charge in [0.1, 0.15) is 11.5 Å². The molecule has 0 aromatic heterocycles. The highest BCUT2D eigenvalue weighted by molar-refractivity contribution is 5.95. The monoisotopic (exact) mass is 396 g/mol. The molecule has 1 heterocycles. The minimum atomic E-state index is -0.295. The smallest absolute Gasteiger partial charge is 0.259 e. The quantitative estimate of drug-likeness (QED) is 0.528. The van der Waals surface area contributed by atoms with Crippen molar-refractivity contribution >= 4 is 29.4 Å². The summed E-state index contributed by atoms with van der Waals surface area (Å²) < 4.78 is 10.4. The molecule has 0 atom stereocenters. The Morgan fingerprint density at radius 2 is 2.07 bits per heavy atom. The average Bonchev–Trinajstić information content (AvgIpc) is 3.18. The first-order chi connectivity index (χ1) is 14.1. The summed E-state index contributed by atoms with van der Waals surface area (Å²) in [6.07, 6.45) is 2.96. The van der Waals surface area contributed by atoms with E-state index in [2.05, 4.69) is 15.8 Å². The van der Waals surface area contributed by atoms with E-state index >= 15 is 0 Å². The summed E-state index contributed by atoms with van der Waals surface area (Å²) in [5.41, 5.74) is 4.79. The van der Waals surface area contributed by atoms with Gasteiger partial charge in [-0.05, 0) is 36.8 Å². The molecule has 0 unspecified atom stereocenters. The van der Waals surface area contributed by atoms with E-state index in [1.807, 2.05) is 24.3 Å². The molecular formula is C21H24N4O4. The molecule has 152 valence electrons. The first kappa shape index (κ1) is 20.2. The number of nitrogens with one attached hydrogen (secondary N) is 2. The van der Waals surface area contributed by atoms with Crippen molar-refractivity contribution in [3.8, 4) is 11.5 Å². The standard InChI is InChI=1S/C21H24N4O4/c1-28-18-9-8-15(19(12-18)29-2)13-23-24-20(26)14-22-16-5-3-6-17(11-16)25-10-4-7-21(25)27/h3,5-6,8-9,11-13,22H,4,7,10,14H2,1-2H3,(H,24,26). The van der Waals surface area contributed by atoms with Gasteiger partial charge in [0.05, 0.1) is 27.0 Å². The van der Waals surface area contributed by atoms with E-state index in [-0.39, 0.29) is 18.4 Å². The van der Waals surface area contributed by atoms with Gasteiger partial charge in [0.25, 0.3) is 5.91 Å². The molecule has 1 fully saturated rings. The zero-order chi connectivity index (χ0) is 20.6. The molecule has 1 aliphatic rings. The number of hydrogen-bond donors (Lipinski definition) is 2. The molecule has 1 aliphatic heterocycles. The maximum absolute atomic E-state index is 12.1. The van der Waals surface area contributed by atoms with Gasteiger partial charge in [0, 0.05) is 36.0 Å². The summed E-state index contributed by atoms with van der Waals surface area (Å²) in [6.45, 7) is 0.779. The molecule has 0 saturated carbocycles. The lowest BCUT2D eigenvalue weighted by molar-refractivity contribution is -0.119. The Bertz CT molecular complexity index is 913. The van der Waals surface area contributed by atoms with Crippen molar-refractivity contribution in [2.24, 2.45) is 5.10 Å². The van der Waals surface area contributed by atoms with Gasteiger partial charge in [-0.1, -0.05) is 6.07 Å². The van der Waals surface area contributed by atoms with Crippen LogP contribution in [0.1, 0.15) is 18.4 Å². The summed E-state index contributed by atoms with van der Waals surface area (Å²) in [7, 11) is 3.13. The van der Waals surface area contributed by atoms with Crippen molar-refractivity contribution in [1.82, 2.24) is 5.43 Å². The van der Waals surface area contributed by atoms with Gasteiger partial charge < -0.3 is 19.7 Å². The Labute approximate surface area is 169 Å². The highest BCUT2D eigenvalue weighted by atomic mass is 16.5. The molecular weight excluding hydrogens is 372 g/mol. The third kappa shape index (κ3) is 5.25. The highest BCUT2D eigenvalue weighted by Gasteiger charge is 2.21. The second kappa shape index (κ2) is 9.59. The number of hydrazone groups is 1. The molecule has 8 heteroatoms. The first-order valence-electron chi connectivity index (χ1n) is 9.29. The predicted molar refractivity (Wildman–Crippen MR) is 112 cm³/mol. The summed E-state index contributed by atoms with van der Waals surface area (Å²) in [6, 6.07) is 12.8. The number of hydrogen-bond acceptors (Lipinski definition) is 6. The van der Waals surface area contributed by atoms with E-state index < -0.39 is 0 Å². The summed E-state index contributed by atoms with van der Waals surface area (Å²) in [5.74, 6) is 1.10. The van der Waals surface area contributed by atoms with E-state index in [9.17, 15) is 9.59 Å². The molecule has 29 heavy (non-hydrogen) atoms. The highest BCUT2D eigenvalue weighted by Crippen LogP contribution is 2.24. The van der Waals surface area contributed by atoms with E-state index in [1.54, 1.807) is 37.3 Å². The topological polar surface area (TPSA) is 92.3 Å². The Hall–Kier alpha value is -3.55. The number of methoxy groups -OCH3 is 2. The fourth-order valence-electron chi connectivity index (χ4n) is 3.03. The van der Waals surface area contributed by atoms with Gasteiger partial charge in [0.2, 0.25) is 5.91 Å². The van der Waals surface area contributed by atoms with Gasteiger partial charge in [-0.25, -0.2) is 5.43 Å². The summed E-state index contributed by atoms with van der Waals surface area (Å²) in [5, 5.41) is 7.01. The second-order valence-electron chi connectivity index (χ2n) is 6.45. The SMILES string of the molecule is COc1ccc(C=NNC(=O)CNc2cccc(N3CCCC3=O)c2)c(OC)c1. The van der Waals surface area contributed by atoms with Crippen LogP contribution in [0.15, 0.2) is 47.6 Å². The van der Waals surface area contributed by atoms with Gasteiger partial charge >= 0.3 is 0 Å². The number of benzene rings is 2. The predicted octanol–water partition coefficient (Wildman–Crippen LogP) is 2.39. The Morgan fingerprint density at radius 1 is 1.21 bits per heavy atom. The Kier molecular flexibility index (Phi) is 6.67. The number of rotatable bonds is 8. The van der Waals surface area contributed by atoms with E-state index in [0.29, 0.717) is 23.5 Å². The van der Waals surface area contributed by atoms with Crippen molar-refractivity contribution < 1.29 is 19.1 Å². The van der Waals surface area contributed by atoms with Crippen LogP contribution in [-0.4, -0.2) is 45.3 Å². The maximum Gasteiger partial charge on any atom is 0.259 e. The molecule has 8 nitrogen and oxygen atoms in total. The van der Waals surface area contributed by atoms with Crippen LogP contribution >= 0.6 is 0 Å². The van der Waals surface area contributed by atoms with Gasteiger partial charge in [0.15, 0.2) is 0 Å². The molecule has 2 aromatic rings. The van der Waals surface area contributed by atoms with Gasteiger partial charge in [-0.15, -0.1) is 0 Å². The summed E-state index contributed by atoms with van der Waals surface area (Å²) >= 11 is 0. The van der Waals surface area contributed by atoms with Gasteiger partial charge in [-0.3, -0.25) is 9.59 Å². The maximum atomic E-state index is 12.1. The molecule has 0 bridgehead atoms. The normalized spacial score (nSPS) is 13.6.